The van der Waals surface area contributed by atoms with E-state index in [2.05, 4.69) is 4.72 Å². The molecule has 0 bridgehead atoms. The van der Waals surface area contributed by atoms with Crippen LogP contribution in [0.2, 0.25) is 0 Å². The first-order valence-electron chi connectivity index (χ1n) is 6.94. The Morgan fingerprint density at radius 3 is 2.14 bits per heavy atom. The summed E-state index contributed by atoms with van der Waals surface area (Å²) < 4.78 is 26.9. The summed E-state index contributed by atoms with van der Waals surface area (Å²) in [4.78, 5) is 0.150. The van der Waals surface area contributed by atoms with Gasteiger partial charge in [-0.3, -0.25) is 0 Å². The van der Waals surface area contributed by atoms with Gasteiger partial charge in [0.05, 0.1) is 17.6 Å². The summed E-state index contributed by atoms with van der Waals surface area (Å²) in [5, 5.41) is 19.4. The molecule has 0 amide bonds. The van der Waals surface area contributed by atoms with Crippen LogP contribution in [0.3, 0.4) is 0 Å². The maximum atomic E-state index is 12.2. The van der Waals surface area contributed by atoms with Gasteiger partial charge in [-0.1, -0.05) is 38.5 Å². The lowest BCUT2D eigenvalue weighted by molar-refractivity contribution is 0.0420. The zero-order valence-electron chi connectivity index (χ0n) is 13.0. The Balaban J connectivity index is 2.83. The maximum absolute atomic E-state index is 12.2. The summed E-state index contributed by atoms with van der Waals surface area (Å²) >= 11 is 0. The van der Waals surface area contributed by atoms with Crippen LogP contribution in [0.25, 0.3) is 0 Å². The molecule has 1 aromatic carbocycles. The molecule has 120 valence electrons. The number of aryl methyl sites for hydroxylation is 1. The van der Waals surface area contributed by atoms with Crippen molar-refractivity contribution in [2.75, 3.05) is 6.61 Å². The zero-order chi connectivity index (χ0) is 16.3. The average Bonchev–Trinajstić information content (AvgIpc) is 2.36. The van der Waals surface area contributed by atoms with Gasteiger partial charge in [0.15, 0.2) is 0 Å². The second-order valence-electron chi connectivity index (χ2n) is 6.43. The Hall–Kier alpha value is -0.950. The smallest absolute Gasteiger partial charge is 0.240 e. The van der Waals surface area contributed by atoms with Crippen molar-refractivity contribution in [3.05, 3.63) is 29.8 Å². The third-order valence-electron chi connectivity index (χ3n) is 3.38. The van der Waals surface area contributed by atoms with Crippen molar-refractivity contribution in [2.45, 2.75) is 51.2 Å². The highest BCUT2D eigenvalue weighted by molar-refractivity contribution is 7.89. The van der Waals surface area contributed by atoms with Crippen molar-refractivity contribution in [3.8, 4) is 0 Å². The van der Waals surface area contributed by atoms with E-state index < -0.39 is 22.2 Å². The SMILES string of the molecule is Cc1ccc(S(=O)(=O)N[C@@H](CO)C[C@@H](O)C(C)(C)C)cc1. The van der Waals surface area contributed by atoms with Crippen LogP contribution in [0.1, 0.15) is 32.8 Å². The molecule has 2 atom stereocenters. The van der Waals surface area contributed by atoms with E-state index in [1.807, 2.05) is 27.7 Å². The normalized spacial score (nSPS) is 15.7. The predicted octanol–water partition coefficient (Wildman–Crippen LogP) is 1.43. The van der Waals surface area contributed by atoms with E-state index in [9.17, 15) is 18.6 Å². The molecule has 0 unspecified atom stereocenters. The highest BCUT2D eigenvalue weighted by Crippen LogP contribution is 2.23. The van der Waals surface area contributed by atoms with Crippen molar-refractivity contribution in [1.82, 2.24) is 4.72 Å². The quantitative estimate of drug-likeness (QED) is 0.741. The van der Waals surface area contributed by atoms with Crippen LogP contribution in [-0.4, -0.2) is 37.4 Å². The number of aliphatic hydroxyl groups excluding tert-OH is 2. The van der Waals surface area contributed by atoms with Crippen LogP contribution in [0.15, 0.2) is 29.2 Å². The van der Waals surface area contributed by atoms with Gasteiger partial charge in [0.2, 0.25) is 10.0 Å². The largest absolute Gasteiger partial charge is 0.395 e. The van der Waals surface area contributed by atoms with Gasteiger partial charge in [-0.05, 0) is 30.9 Å². The minimum absolute atomic E-state index is 0.150. The number of hydrogen-bond donors (Lipinski definition) is 3. The second kappa shape index (κ2) is 6.87. The molecule has 3 N–H and O–H groups in total. The number of benzene rings is 1. The van der Waals surface area contributed by atoms with Gasteiger partial charge < -0.3 is 10.2 Å². The van der Waals surface area contributed by atoms with Crippen molar-refractivity contribution in [3.63, 3.8) is 0 Å². The van der Waals surface area contributed by atoms with E-state index in [4.69, 9.17) is 0 Å². The van der Waals surface area contributed by atoms with E-state index in [1.54, 1.807) is 12.1 Å². The van der Waals surface area contributed by atoms with Crippen LogP contribution in [0.5, 0.6) is 0 Å². The lowest BCUT2D eigenvalue weighted by Crippen LogP contribution is -2.42. The topological polar surface area (TPSA) is 86.6 Å². The van der Waals surface area contributed by atoms with Gasteiger partial charge in [-0.2, -0.15) is 0 Å². The summed E-state index contributed by atoms with van der Waals surface area (Å²) in [6.07, 6.45) is -0.555. The molecule has 0 aliphatic rings. The third-order valence-corrected chi connectivity index (χ3v) is 4.92. The van der Waals surface area contributed by atoms with E-state index in [1.165, 1.54) is 12.1 Å². The molecular weight excluding hydrogens is 290 g/mol. The molecular formula is C15H25NO4S. The van der Waals surface area contributed by atoms with Gasteiger partial charge in [-0.15, -0.1) is 0 Å². The van der Waals surface area contributed by atoms with Crippen molar-refractivity contribution in [1.29, 1.82) is 0 Å². The number of hydrogen-bond acceptors (Lipinski definition) is 4. The summed E-state index contributed by atoms with van der Waals surface area (Å²) in [5.74, 6) is 0. The number of aliphatic hydroxyl groups is 2. The number of sulfonamides is 1. The average molecular weight is 315 g/mol. The molecule has 0 fully saturated rings. The van der Waals surface area contributed by atoms with Crippen molar-refractivity contribution >= 4 is 10.0 Å². The second-order valence-corrected chi connectivity index (χ2v) is 8.15. The standard InChI is InChI=1S/C15H25NO4S/c1-11-5-7-13(8-6-11)21(19,20)16-12(10-17)9-14(18)15(2,3)4/h5-8,12,14,16-18H,9-10H2,1-4H3/t12-,14-/m1/s1. The van der Waals surface area contributed by atoms with Gasteiger partial charge in [-0.25, -0.2) is 13.1 Å². The fraction of sp³-hybridized carbons (Fsp3) is 0.600. The fourth-order valence-corrected chi connectivity index (χ4v) is 3.03. The Kier molecular flexibility index (Phi) is 5.92. The lowest BCUT2D eigenvalue weighted by Gasteiger charge is -2.29. The Bertz CT molecular complexity index is 546. The Morgan fingerprint density at radius 2 is 1.71 bits per heavy atom. The molecule has 1 aromatic rings. The first kappa shape index (κ1) is 18.1. The molecule has 5 nitrogen and oxygen atoms in total. The highest BCUT2D eigenvalue weighted by Gasteiger charge is 2.28. The van der Waals surface area contributed by atoms with Crippen molar-refractivity contribution < 1.29 is 18.6 Å². The summed E-state index contributed by atoms with van der Waals surface area (Å²) in [6, 6.07) is 5.75. The molecule has 0 heterocycles. The molecule has 0 aliphatic heterocycles. The summed E-state index contributed by atoms with van der Waals surface area (Å²) in [5.41, 5.74) is 0.596. The van der Waals surface area contributed by atoms with Crippen molar-refractivity contribution in [2.24, 2.45) is 5.41 Å². The van der Waals surface area contributed by atoms with Crippen LogP contribution >= 0.6 is 0 Å². The Labute approximate surface area is 127 Å². The summed E-state index contributed by atoms with van der Waals surface area (Å²) in [7, 11) is -3.70. The maximum Gasteiger partial charge on any atom is 0.240 e. The van der Waals surface area contributed by atoms with E-state index in [0.717, 1.165) is 5.56 Å². The molecule has 1 rings (SSSR count). The van der Waals surface area contributed by atoms with E-state index in [0.29, 0.717) is 0 Å². The molecule has 0 spiro atoms. The van der Waals surface area contributed by atoms with Crippen LogP contribution in [0, 0.1) is 12.3 Å². The predicted molar refractivity (Wildman–Crippen MR) is 82.5 cm³/mol. The highest BCUT2D eigenvalue weighted by atomic mass is 32.2. The first-order valence-corrected chi connectivity index (χ1v) is 8.42. The number of nitrogens with one attached hydrogen (secondary N) is 1. The molecule has 0 saturated heterocycles. The van der Waals surface area contributed by atoms with Crippen LogP contribution in [0.4, 0.5) is 0 Å². The molecule has 21 heavy (non-hydrogen) atoms. The Morgan fingerprint density at radius 1 is 1.19 bits per heavy atom. The fourth-order valence-electron chi connectivity index (χ4n) is 1.79. The zero-order valence-corrected chi connectivity index (χ0v) is 13.8. The van der Waals surface area contributed by atoms with E-state index >= 15 is 0 Å². The van der Waals surface area contributed by atoms with Crippen LogP contribution in [-0.2, 0) is 10.0 Å². The van der Waals surface area contributed by atoms with Gasteiger partial charge in [0.25, 0.3) is 0 Å². The third kappa shape index (κ3) is 5.39. The minimum Gasteiger partial charge on any atom is -0.395 e. The monoisotopic (exact) mass is 315 g/mol. The van der Waals surface area contributed by atoms with Gasteiger partial charge in [0, 0.05) is 6.04 Å². The summed E-state index contributed by atoms with van der Waals surface area (Å²) in [6.45, 7) is 7.10. The molecule has 0 aliphatic carbocycles. The molecule has 0 radical (unpaired) electrons. The molecule has 0 aromatic heterocycles. The van der Waals surface area contributed by atoms with E-state index in [-0.39, 0.29) is 23.3 Å². The first-order chi connectivity index (χ1) is 9.56. The number of rotatable bonds is 6. The van der Waals surface area contributed by atoms with Crippen LogP contribution < -0.4 is 4.72 Å². The minimum atomic E-state index is -3.70. The van der Waals surface area contributed by atoms with Gasteiger partial charge >= 0.3 is 0 Å². The van der Waals surface area contributed by atoms with Gasteiger partial charge in [0.1, 0.15) is 0 Å². The molecule has 0 saturated carbocycles. The molecule has 6 heteroatoms. The lowest BCUT2D eigenvalue weighted by atomic mass is 9.86.